The molecule has 0 saturated heterocycles. The lowest BCUT2D eigenvalue weighted by molar-refractivity contribution is 0.174. The minimum absolute atomic E-state index is 0. The van der Waals surface area contributed by atoms with Crippen molar-refractivity contribution in [1.29, 1.82) is 0 Å². The highest BCUT2D eigenvalue weighted by Crippen LogP contribution is 2.27. The standard InChI is InChI=1S/C22H30Cl2N2O4.2ClH/c23-19-11-15(27)5-7-17(19)21(29)13-25-9-3-1-2-4-10-26-14-22(30)18-8-6-16(28)12-20(18)24;;/h5-8,11-12,21-22,25-30H,1-4,9-10,13-14H2;2*1H. The van der Waals surface area contributed by atoms with Gasteiger partial charge in [0.25, 0.3) is 0 Å². The minimum Gasteiger partial charge on any atom is -0.508 e. The molecule has 32 heavy (non-hydrogen) atoms. The molecule has 2 atom stereocenters. The average Bonchev–Trinajstić information content (AvgIpc) is 2.69. The van der Waals surface area contributed by atoms with Crippen molar-refractivity contribution in [2.24, 2.45) is 0 Å². The highest BCUT2D eigenvalue weighted by molar-refractivity contribution is 6.31. The highest BCUT2D eigenvalue weighted by Gasteiger charge is 2.12. The Morgan fingerprint density at radius 3 is 1.38 bits per heavy atom. The molecule has 2 rings (SSSR count). The number of unbranched alkanes of at least 4 members (excludes halogenated alkanes) is 3. The molecule has 2 aromatic rings. The summed E-state index contributed by atoms with van der Waals surface area (Å²) in [4.78, 5) is 0. The number of aliphatic hydroxyl groups excluding tert-OH is 2. The zero-order valence-electron chi connectivity index (χ0n) is 17.6. The van der Waals surface area contributed by atoms with Crippen molar-refractivity contribution in [3.8, 4) is 11.5 Å². The average molecular weight is 530 g/mol. The molecule has 0 bridgehead atoms. The fraction of sp³-hybridized carbons (Fsp3) is 0.455. The van der Waals surface area contributed by atoms with Crippen LogP contribution in [0.15, 0.2) is 36.4 Å². The van der Waals surface area contributed by atoms with E-state index in [-0.39, 0.29) is 36.3 Å². The van der Waals surface area contributed by atoms with E-state index in [1.807, 2.05) is 0 Å². The fourth-order valence-corrected chi connectivity index (χ4v) is 3.73. The van der Waals surface area contributed by atoms with Gasteiger partial charge in [-0.1, -0.05) is 48.2 Å². The predicted molar refractivity (Wildman–Crippen MR) is 135 cm³/mol. The molecule has 182 valence electrons. The summed E-state index contributed by atoms with van der Waals surface area (Å²) in [5.74, 6) is 0.161. The van der Waals surface area contributed by atoms with Gasteiger partial charge in [-0.2, -0.15) is 0 Å². The summed E-state index contributed by atoms with van der Waals surface area (Å²) in [5, 5.41) is 46.2. The number of phenols is 2. The number of aromatic hydroxyl groups is 2. The predicted octanol–water partition coefficient (Wildman–Crippen LogP) is 4.75. The number of aliphatic hydroxyl groups is 2. The maximum absolute atomic E-state index is 10.2. The van der Waals surface area contributed by atoms with Gasteiger partial charge in [0.15, 0.2) is 0 Å². The van der Waals surface area contributed by atoms with E-state index in [1.54, 1.807) is 12.1 Å². The van der Waals surface area contributed by atoms with Crippen molar-refractivity contribution >= 4 is 48.0 Å². The number of hydrogen-bond donors (Lipinski definition) is 6. The lowest BCUT2D eigenvalue weighted by Gasteiger charge is -2.14. The Morgan fingerprint density at radius 1 is 0.656 bits per heavy atom. The van der Waals surface area contributed by atoms with Crippen molar-refractivity contribution < 1.29 is 20.4 Å². The lowest BCUT2D eigenvalue weighted by Crippen LogP contribution is -2.23. The number of nitrogens with one attached hydrogen (secondary N) is 2. The molecule has 0 fully saturated rings. The summed E-state index contributed by atoms with van der Waals surface area (Å²) in [6.07, 6.45) is 2.71. The van der Waals surface area contributed by atoms with Crippen molar-refractivity contribution in [3.63, 3.8) is 0 Å². The van der Waals surface area contributed by atoms with Crippen LogP contribution in [0.25, 0.3) is 0 Å². The first kappa shape index (κ1) is 31.0. The van der Waals surface area contributed by atoms with Crippen LogP contribution >= 0.6 is 48.0 Å². The van der Waals surface area contributed by atoms with E-state index in [4.69, 9.17) is 23.2 Å². The molecule has 2 unspecified atom stereocenters. The highest BCUT2D eigenvalue weighted by atomic mass is 35.5. The van der Waals surface area contributed by atoms with Crippen LogP contribution in [0.3, 0.4) is 0 Å². The second-order valence-corrected chi connectivity index (χ2v) is 8.08. The maximum Gasteiger partial charge on any atom is 0.117 e. The van der Waals surface area contributed by atoms with Crippen LogP contribution in [0.4, 0.5) is 0 Å². The fourth-order valence-electron chi connectivity index (χ4n) is 3.12. The Kier molecular flexibility index (Phi) is 16.1. The number of benzene rings is 2. The number of rotatable bonds is 13. The van der Waals surface area contributed by atoms with E-state index in [2.05, 4.69) is 10.6 Å². The summed E-state index contributed by atoms with van der Waals surface area (Å²) >= 11 is 12.1. The SMILES string of the molecule is Cl.Cl.Oc1ccc(C(O)CNCCCCCCNCC(O)c2ccc(O)cc2Cl)c(Cl)c1. The third-order valence-corrected chi connectivity index (χ3v) is 5.47. The van der Waals surface area contributed by atoms with E-state index in [0.717, 1.165) is 38.8 Å². The van der Waals surface area contributed by atoms with E-state index in [0.29, 0.717) is 34.3 Å². The molecule has 0 spiro atoms. The van der Waals surface area contributed by atoms with Gasteiger partial charge in [0.05, 0.1) is 22.3 Å². The second-order valence-electron chi connectivity index (χ2n) is 7.27. The van der Waals surface area contributed by atoms with Crippen LogP contribution in [0, 0.1) is 0 Å². The van der Waals surface area contributed by atoms with Crippen LogP contribution < -0.4 is 10.6 Å². The van der Waals surface area contributed by atoms with Crippen LogP contribution in [-0.4, -0.2) is 46.6 Å². The van der Waals surface area contributed by atoms with Gasteiger partial charge in [0, 0.05) is 24.2 Å². The second kappa shape index (κ2) is 16.6. The summed E-state index contributed by atoms with van der Waals surface area (Å²) in [7, 11) is 0. The molecule has 0 amide bonds. The van der Waals surface area contributed by atoms with Crippen molar-refractivity contribution in [3.05, 3.63) is 57.6 Å². The molecule has 0 aliphatic heterocycles. The van der Waals surface area contributed by atoms with Gasteiger partial charge in [-0.15, -0.1) is 24.8 Å². The summed E-state index contributed by atoms with van der Waals surface area (Å²) < 4.78 is 0. The monoisotopic (exact) mass is 528 g/mol. The van der Waals surface area contributed by atoms with Gasteiger partial charge in [0.1, 0.15) is 11.5 Å². The zero-order valence-corrected chi connectivity index (χ0v) is 20.8. The van der Waals surface area contributed by atoms with Gasteiger partial charge in [-0.25, -0.2) is 0 Å². The zero-order chi connectivity index (χ0) is 21.9. The molecule has 0 aromatic heterocycles. The molecule has 6 nitrogen and oxygen atoms in total. The third-order valence-electron chi connectivity index (χ3n) is 4.82. The normalized spacial score (nSPS) is 12.5. The van der Waals surface area contributed by atoms with E-state index in [1.165, 1.54) is 24.3 Å². The largest absolute Gasteiger partial charge is 0.508 e. The van der Waals surface area contributed by atoms with Gasteiger partial charge >= 0.3 is 0 Å². The van der Waals surface area contributed by atoms with E-state index < -0.39 is 12.2 Å². The van der Waals surface area contributed by atoms with Crippen molar-refractivity contribution in [2.45, 2.75) is 37.9 Å². The summed E-state index contributed by atoms with van der Waals surface area (Å²) in [6.45, 7) is 2.42. The molecule has 0 saturated carbocycles. The maximum atomic E-state index is 10.2. The Balaban J connectivity index is 0.00000480. The summed E-state index contributed by atoms with van der Waals surface area (Å²) in [5.41, 5.74) is 1.20. The third kappa shape index (κ3) is 10.8. The van der Waals surface area contributed by atoms with E-state index in [9.17, 15) is 20.4 Å². The topological polar surface area (TPSA) is 105 Å². The Hall–Kier alpha value is -0.960. The Labute approximate surface area is 211 Å². The first-order chi connectivity index (χ1) is 14.4. The number of halogens is 4. The number of phenolic OH excluding ortho intramolecular Hbond substituents is 2. The molecule has 0 aliphatic carbocycles. The van der Waals surface area contributed by atoms with Crippen LogP contribution in [0.2, 0.25) is 10.0 Å². The Morgan fingerprint density at radius 2 is 1.03 bits per heavy atom. The van der Waals surface area contributed by atoms with Gasteiger partial charge in [-0.3, -0.25) is 0 Å². The van der Waals surface area contributed by atoms with Gasteiger partial charge < -0.3 is 31.1 Å². The molecule has 10 heteroatoms. The molecule has 0 aliphatic rings. The van der Waals surface area contributed by atoms with Gasteiger partial charge in [-0.05, 0) is 50.2 Å². The smallest absolute Gasteiger partial charge is 0.117 e. The van der Waals surface area contributed by atoms with Crippen LogP contribution in [-0.2, 0) is 0 Å². The molecule has 2 aromatic carbocycles. The molecule has 0 radical (unpaired) electrons. The quantitative estimate of drug-likeness (QED) is 0.209. The molecule has 6 N–H and O–H groups in total. The molecular weight excluding hydrogens is 498 g/mol. The molecular formula is C22H32Cl4N2O4. The van der Waals surface area contributed by atoms with Crippen molar-refractivity contribution in [2.75, 3.05) is 26.2 Å². The Bertz CT molecular complexity index is 733. The first-order valence-electron chi connectivity index (χ1n) is 10.1. The van der Waals surface area contributed by atoms with Crippen molar-refractivity contribution in [1.82, 2.24) is 10.6 Å². The summed E-state index contributed by atoms with van der Waals surface area (Å²) in [6, 6.07) is 9.12. The minimum atomic E-state index is -0.712. The lowest BCUT2D eigenvalue weighted by atomic mass is 10.1. The van der Waals surface area contributed by atoms with E-state index >= 15 is 0 Å². The molecule has 0 heterocycles. The first-order valence-corrected chi connectivity index (χ1v) is 10.9. The van der Waals surface area contributed by atoms with Gasteiger partial charge in [0.2, 0.25) is 0 Å². The van der Waals surface area contributed by atoms with Crippen LogP contribution in [0.1, 0.15) is 49.0 Å². The van der Waals surface area contributed by atoms with Crippen LogP contribution in [0.5, 0.6) is 11.5 Å². The number of hydrogen-bond acceptors (Lipinski definition) is 6.